The third kappa shape index (κ3) is 4.13. The van der Waals surface area contributed by atoms with Gasteiger partial charge in [0, 0.05) is 42.7 Å². The molecule has 0 radical (unpaired) electrons. The molecule has 0 saturated heterocycles. The van der Waals surface area contributed by atoms with Gasteiger partial charge in [0.1, 0.15) is 0 Å². The largest absolute Gasteiger partial charge is 0.356 e. The smallest absolute Gasteiger partial charge is 0.220 e. The van der Waals surface area contributed by atoms with E-state index in [0.717, 1.165) is 29.2 Å². The molecule has 19 heavy (non-hydrogen) atoms. The van der Waals surface area contributed by atoms with E-state index in [2.05, 4.69) is 15.3 Å². The Labute approximate surface area is 116 Å². The standard InChI is InChI=1S/C14H17N3OS/c1-2-7-16-13(18)3-4-14-17-12(10-19-14)11-5-8-15-9-6-11/h5-6,8-10H,2-4,7H2,1H3,(H,16,18). The zero-order chi connectivity index (χ0) is 13.5. The molecule has 5 heteroatoms. The van der Waals surface area contributed by atoms with E-state index in [-0.39, 0.29) is 5.91 Å². The molecule has 0 aliphatic rings. The lowest BCUT2D eigenvalue weighted by Crippen LogP contribution is -2.24. The summed E-state index contributed by atoms with van der Waals surface area (Å²) in [5.74, 6) is 0.0995. The highest BCUT2D eigenvalue weighted by Crippen LogP contribution is 2.21. The van der Waals surface area contributed by atoms with Gasteiger partial charge in [0.25, 0.3) is 0 Å². The van der Waals surface area contributed by atoms with E-state index in [1.165, 1.54) is 0 Å². The molecule has 2 aromatic rings. The molecule has 0 fully saturated rings. The minimum Gasteiger partial charge on any atom is -0.356 e. The minimum absolute atomic E-state index is 0.0995. The van der Waals surface area contributed by atoms with Crippen LogP contribution in [-0.4, -0.2) is 22.4 Å². The summed E-state index contributed by atoms with van der Waals surface area (Å²) in [5, 5.41) is 5.89. The zero-order valence-electron chi connectivity index (χ0n) is 10.9. The van der Waals surface area contributed by atoms with Crippen LogP contribution in [-0.2, 0) is 11.2 Å². The number of carbonyl (C=O) groups is 1. The number of amides is 1. The number of carbonyl (C=O) groups excluding carboxylic acids is 1. The molecule has 0 unspecified atom stereocenters. The fourth-order valence-corrected chi connectivity index (χ4v) is 2.46. The molecular weight excluding hydrogens is 258 g/mol. The van der Waals surface area contributed by atoms with Gasteiger partial charge in [-0.2, -0.15) is 0 Å². The van der Waals surface area contributed by atoms with Crippen molar-refractivity contribution in [2.45, 2.75) is 26.2 Å². The highest BCUT2D eigenvalue weighted by molar-refractivity contribution is 7.09. The van der Waals surface area contributed by atoms with E-state index in [1.807, 2.05) is 24.4 Å². The highest BCUT2D eigenvalue weighted by atomic mass is 32.1. The van der Waals surface area contributed by atoms with Crippen molar-refractivity contribution in [3.8, 4) is 11.3 Å². The van der Waals surface area contributed by atoms with Crippen LogP contribution in [0.15, 0.2) is 29.9 Å². The maximum absolute atomic E-state index is 11.5. The predicted octanol–water partition coefficient (Wildman–Crippen LogP) is 2.66. The van der Waals surface area contributed by atoms with Crippen molar-refractivity contribution in [2.75, 3.05) is 6.54 Å². The monoisotopic (exact) mass is 275 g/mol. The maximum atomic E-state index is 11.5. The first-order chi connectivity index (χ1) is 9.29. The molecule has 0 aromatic carbocycles. The molecule has 0 aliphatic heterocycles. The van der Waals surface area contributed by atoms with Crippen molar-refractivity contribution < 1.29 is 4.79 Å². The second-order valence-corrected chi connectivity index (χ2v) is 5.15. The maximum Gasteiger partial charge on any atom is 0.220 e. The van der Waals surface area contributed by atoms with Crippen molar-refractivity contribution in [1.82, 2.24) is 15.3 Å². The third-order valence-electron chi connectivity index (χ3n) is 2.67. The van der Waals surface area contributed by atoms with Crippen molar-refractivity contribution in [3.63, 3.8) is 0 Å². The molecular formula is C14H17N3OS. The number of nitrogens with one attached hydrogen (secondary N) is 1. The summed E-state index contributed by atoms with van der Waals surface area (Å²) in [6.45, 7) is 2.79. The van der Waals surface area contributed by atoms with Gasteiger partial charge < -0.3 is 5.32 Å². The summed E-state index contributed by atoms with van der Waals surface area (Å²) in [7, 11) is 0. The van der Waals surface area contributed by atoms with E-state index in [9.17, 15) is 4.79 Å². The first-order valence-electron chi connectivity index (χ1n) is 6.41. The third-order valence-corrected chi connectivity index (χ3v) is 3.57. The second-order valence-electron chi connectivity index (χ2n) is 4.21. The quantitative estimate of drug-likeness (QED) is 0.881. The van der Waals surface area contributed by atoms with Crippen molar-refractivity contribution >= 4 is 17.2 Å². The Balaban J connectivity index is 1.90. The molecule has 0 aliphatic carbocycles. The number of hydrogen-bond acceptors (Lipinski definition) is 4. The van der Waals surface area contributed by atoms with Crippen molar-refractivity contribution in [3.05, 3.63) is 34.9 Å². The lowest BCUT2D eigenvalue weighted by molar-refractivity contribution is -0.121. The van der Waals surface area contributed by atoms with Crippen LogP contribution >= 0.6 is 11.3 Å². The fourth-order valence-electron chi connectivity index (χ4n) is 1.65. The van der Waals surface area contributed by atoms with Crippen LogP contribution in [0.3, 0.4) is 0 Å². The van der Waals surface area contributed by atoms with E-state index >= 15 is 0 Å². The number of rotatable bonds is 6. The van der Waals surface area contributed by atoms with Crippen LogP contribution in [0.5, 0.6) is 0 Å². The Morgan fingerprint density at radius 1 is 1.37 bits per heavy atom. The van der Waals surface area contributed by atoms with Gasteiger partial charge in [-0.25, -0.2) is 4.98 Å². The molecule has 1 amide bonds. The van der Waals surface area contributed by atoms with E-state index < -0.39 is 0 Å². The summed E-state index contributed by atoms with van der Waals surface area (Å²) in [4.78, 5) is 20.0. The number of aryl methyl sites for hydroxylation is 1. The number of nitrogens with zero attached hydrogens (tertiary/aromatic N) is 2. The lowest BCUT2D eigenvalue weighted by Gasteiger charge is -2.01. The first-order valence-corrected chi connectivity index (χ1v) is 7.29. The Morgan fingerprint density at radius 3 is 2.89 bits per heavy atom. The number of pyridine rings is 1. The summed E-state index contributed by atoms with van der Waals surface area (Å²) < 4.78 is 0. The van der Waals surface area contributed by atoms with Gasteiger partial charge in [0.2, 0.25) is 5.91 Å². The van der Waals surface area contributed by atoms with E-state index in [4.69, 9.17) is 0 Å². The zero-order valence-corrected chi connectivity index (χ0v) is 11.7. The molecule has 0 saturated carbocycles. The molecule has 1 N–H and O–H groups in total. The van der Waals surface area contributed by atoms with Gasteiger partial charge in [-0.15, -0.1) is 11.3 Å². The number of thiazole rings is 1. The Bertz CT molecular complexity index is 524. The number of aromatic nitrogens is 2. The Morgan fingerprint density at radius 2 is 2.16 bits per heavy atom. The van der Waals surface area contributed by atoms with Crippen molar-refractivity contribution in [1.29, 1.82) is 0 Å². The summed E-state index contributed by atoms with van der Waals surface area (Å²) in [6.07, 6.45) is 5.68. The topological polar surface area (TPSA) is 54.9 Å². The molecule has 0 spiro atoms. The van der Waals surface area contributed by atoms with Crippen LogP contribution in [0.1, 0.15) is 24.8 Å². The molecule has 4 nitrogen and oxygen atoms in total. The average Bonchev–Trinajstić information content (AvgIpc) is 2.93. The Hall–Kier alpha value is -1.75. The van der Waals surface area contributed by atoms with Crippen LogP contribution < -0.4 is 5.32 Å². The van der Waals surface area contributed by atoms with E-state index in [0.29, 0.717) is 12.8 Å². The summed E-state index contributed by atoms with van der Waals surface area (Å²) in [5.41, 5.74) is 2.02. The molecule has 2 rings (SSSR count). The second kappa shape index (κ2) is 6.99. The summed E-state index contributed by atoms with van der Waals surface area (Å²) in [6, 6.07) is 3.87. The van der Waals surface area contributed by atoms with Crippen molar-refractivity contribution in [2.24, 2.45) is 0 Å². The molecule has 2 heterocycles. The van der Waals surface area contributed by atoms with Crippen LogP contribution in [0, 0.1) is 0 Å². The average molecular weight is 275 g/mol. The van der Waals surface area contributed by atoms with Crippen LogP contribution in [0.4, 0.5) is 0 Å². The summed E-state index contributed by atoms with van der Waals surface area (Å²) >= 11 is 1.60. The molecule has 0 atom stereocenters. The van der Waals surface area contributed by atoms with E-state index in [1.54, 1.807) is 23.7 Å². The van der Waals surface area contributed by atoms with Gasteiger partial charge in [-0.1, -0.05) is 6.92 Å². The lowest BCUT2D eigenvalue weighted by atomic mass is 10.2. The number of hydrogen-bond donors (Lipinski definition) is 1. The normalized spacial score (nSPS) is 10.4. The van der Waals surface area contributed by atoms with Gasteiger partial charge in [0.15, 0.2) is 0 Å². The fraction of sp³-hybridized carbons (Fsp3) is 0.357. The van der Waals surface area contributed by atoms with Gasteiger partial charge in [0.05, 0.1) is 10.7 Å². The Kier molecular flexibility index (Phi) is 5.03. The minimum atomic E-state index is 0.0995. The highest BCUT2D eigenvalue weighted by Gasteiger charge is 2.06. The molecule has 2 aromatic heterocycles. The van der Waals surface area contributed by atoms with Gasteiger partial charge in [-0.05, 0) is 18.6 Å². The van der Waals surface area contributed by atoms with Gasteiger partial charge >= 0.3 is 0 Å². The molecule has 0 bridgehead atoms. The first kappa shape index (κ1) is 13.7. The van der Waals surface area contributed by atoms with Crippen LogP contribution in [0.2, 0.25) is 0 Å². The van der Waals surface area contributed by atoms with Gasteiger partial charge in [-0.3, -0.25) is 9.78 Å². The molecule has 100 valence electrons. The predicted molar refractivity (Wildman–Crippen MR) is 77.0 cm³/mol. The SMILES string of the molecule is CCCNC(=O)CCc1nc(-c2ccncc2)cs1. The van der Waals surface area contributed by atoms with Crippen LogP contribution in [0.25, 0.3) is 11.3 Å².